The topological polar surface area (TPSA) is 66.5 Å². The molecule has 0 bridgehead atoms. The van der Waals surface area contributed by atoms with Gasteiger partial charge in [0.15, 0.2) is 0 Å². The number of benzene rings is 2. The van der Waals surface area contributed by atoms with Gasteiger partial charge in [0.2, 0.25) is 10.0 Å². The number of nitrogens with zero attached hydrogens (tertiary/aromatic N) is 1. The van der Waals surface area contributed by atoms with E-state index in [4.69, 9.17) is 0 Å². The number of hydrogen-bond acceptors (Lipinski definition) is 3. The third kappa shape index (κ3) is 4.28. The van der Waals surface area contributed by atoms with Crippen molar-refractivity contribution in [1.29, 1.82) is 0 Å². The smallest absolute Gasteiger partial charge is 0.251 e. The van der Waals surface area contributed by atoms with Crippen LogP contribution in [-0.2, 0) is 10.0 Å². The van der Waals surface area contributed by atoms with Crippen LogP contribution in [0.15, 0.2) is 59.5 Å². The number of carbonyl (C=O) groups excluding carboxylic acids is 1. The largest absolute Gasteiger partial charge is 0.345 e. The first-order valence-electron chi connectivity index (χ1n) is 9.65. The normalized spacial score (nSPS) is 20.2. The Morgan fingerprint density at radius 2 is 1.64 bits per heavy atom. The Morgan fingerprint density at radius 3 is 2.14 bits per heavy atom. The lowest BCUT2D eigenvalue weighted by Gasteiger charge is -2.21. The summed E-state index contributed by atoms with van der Waals surface area (Å²) in [5, 5.41) is 3.14. The summed E-state index contributed by atoms with van der Waals surface area (Å²) in [6.45, 7) is 5.83. The molecule has 1 fully saturated rings. The van der Waals surface area contributed by atoms with Gasteiger partial charge in [-0.2, -0.15) is 4.31 Å². The molecule has 28 heavy (non-hydrogen) atoms. The maximum Gasteiger partial charge on any atom is 0.251 e. The van der Waals surface area contributed by atoms with Gasteiger partial charge in [0.25, 0.3) is 5.91 Å². The van der Waals surface area contributed by atoms with Gasteiger partial charge in [0.1, 0.15) is 0 Å². The average Bonchev–Trinajstić information content (AvgIpc) is 3.42. The average molecular weight is 401 g/mol. The zero-order valence-electron chi connectivity index (χ0n) is 16.8. The first kappa shape index (κ1) is 20.6. The molecule has 0 aromatic heterocycles. The standard InChI is InChI=1S/C22H28N2O3S/c1-15(2)24(4)28(26,27)19-12-10-18(11-13-19)22(25)23-21(20-14-16(20)3)17-8-6-5-7-9-17/h5-13,15-16,20-21H,14H2,1-4H3,(H,23,25). The Balaban J connectivity index is 1.77. The highest BCUT2D eigenvalue weighted by Gasteiger charge is 2.41. The lowest BCUT2D eigenvalue weighted by molar-refractivity contribution is 0.0930. The minimum atomic E-state index is -3.56. The van der Waals surface area contributed by atoms with Gasteiger partial charge >= 0.3 is 0 Å². The van der Waals surface area contributed by atoms with E-state index < -0.39 is 10.0 Å². The van der Waals surface area contributed by atoms with Crippen LogP contribution >= 0.6 is 0 Å². The van der Waals surface area contributed by atoms with Gasteiger partial charge in [0.05, 0.1) is 10.9 Å². The molecule has 6 heteroatoms. The van der Waals surface area contributed by atoms with Crippen molar-refractivity contribution < 1.29 is 13.2 Å². The molecule has 1 amide bonds. The second-order valence-electron chi connectivity index (χ2n) is 7.88. The highest BCUT2D eigenvalue weighted by molar-refractivity contribution is 7.89. The summed E-state index contributed by atoms with van der Waals surface area (Å²) >= 11 is 0. The monoisotopic (exact) mass is 400 g/mol. The van der Waals surface area contributed by atoms with Crippen LogP contribution in [0.25, 0.3) is 0 Å². The van der Waals surface area contributed by atoms with Crippen LogP contribution in [-0.4, -0.2) is 31.7 Å². The summed E-state index contributed by atoms with van der Waals surface area (Å²) < 4.78 is 26.5. The predicted octanol–water partition coefficient (Wildman–Crippen LogP) is 3.84. The summed E-state index contributed by atoms with van der Waals surface area (Å²) in [4.78, 5) is 13.0. The van der Waals surface area contributed by atoms with Crippen LogP contribution in [0.2, 0.25) is 0 Å². The van der Waals surface area contributed by atoms with Crippen LogP contribution in [0.5, 0.6) is 0 Å². The SMILES string of the molecule is CC1CC1C(NC(=O)c1ccc(S(=O)(=O)N(C)C(C)C)cc1)c1ccccc1. The second kappa shape index (κ2) is 8.05. The van der Waals surface area contributed by atoms with Gasteiger partial charge in [-0.15, -0.1) is 0 Å². The van der Waals surface area contributed by atoms with Crippen molar-refractivity contribution in [2.75, 3.05) is 7.05 Å². The Kier molecular flexibility index (Phi) is 5.91. The Hall–Kier alpha value is -2.18. The first-order chi connectivity index (χ1) is 13.2. The van der Waals surface area contributed by atoms with E-state index in [0.29, 0.717) is 17.4 Å². The van der Waals surface area contributed by atoms with Gasteiger partial charge in [-0.3, -0.25) is 4.79 Å². The molecule has 0 spiro atoms. The number of hydrogen-bond donors (Lipinski definition) is 1. The van der Waals surface area contributed by atoms with Crippen molar-refractivity contribution >= 4 is 15.9 Å². The Labute approximate surface area is 167 Å². The minimum Gasteiger partial charge on any atom is -0.345 e. The molecule has 0 heterocycles. The molecule has 5 nitrogen and oxygen atoms in total. The van der Waals surface area contributed by atoms with Crippen LogP contribution < -0.4 is 5.32 Å². The van der Waals surface area contributed by atoms with E-state index >= 15 is 0 Å². The predicted molar refractivity (Wildman–Crippen MR) is 110 cm³/mol. The molecule has 1 saturated carbocycles. The summed E-state index contributed by atoms with van der Waals surface area (Å²) in [6.07, 6.45) is 1.10. The van der Waals surface area contributed by atoms with E-state index in [1.807, 2.05) is 44.2 Å². The number of amides is 1. The van der Waals surface area contributed by atoms with Gasteiger partial charge in [-0.1, -0.05) is 37.3 Å². The lowest BCUT2D eigenvalue weighted by atomic mass is 10.0. The van der Waals surface area contributed by atoms with Gasteiger partial charge in [-0.25, -0.2) is 8.42 Å². The highest BCUT2D eigenvalue weighted by atomic mass is 32.2. The molecular formula is C22H28N2O3S. The number of sulfonamides is 1. The fraction of sp³-hybridized carbons (Fsp3) is 0.409. The maximum absolute atomic E-state index is 12.8. The molecule has 1 N–H and O–H groups in total. The van der Waals surface area contributed by atoms with E-state index in [1.54, 1.807) is 19.2 Å². The fourth-order valence-corrected chi connectivity index (χ4v) is 4.73. The van der Waals surface area contributed by atoms with Crippen molar-refractivity contribution in [2.45, 2.75) is 44.2 Å². The summed E-state index contributed by atoms with van der Waals surface area (Å²) in [5.74, 6) is 0.837. The van der Waals surface area contributed by atoms with Crippen LogP contribution in [0.4, 0.5) is 0 Å². The third-order valence-electron chi connectivity index (χ3n) is 5.57. The molecule has 1 aliphatic carbocycles. The van der Waals surface area contributed by atoms with Crippen molar-refractivity contribution in [3.05, 3.63) is 65.7 Å². The molecule has 2 aromatic rings. The summed E-state index contributed by atoms with van der Waals surface area (Å²) in [6, 6.07) is 16.0. The van der Waals surface area contributed by atoms with Crippen LogP contribution in [0.3, 0.4) is 0 Å². The molecule has 0 saturated heterocycles. The molecule has 3 atom stereocenters. The van der Waals surface area contributed by atoms with Crippen LogP contribution in [0.1, 0.15) is 49.2 Å². The lowest BCUT2D eigenvalue weighted by Crippen LogP contribution is -2.33. The van der Waals surface area contributed by atoms with E-state index in [2.05, 4.69) is 12.2 Å². The van der Waals surface area contributed by atoms with Crippen molar-refractivity contribution in [2.24, 2.45) is 11.8 Å². The molecule has 1 aliphatic rings. The van der Waals surface area contributed by atoms with Gasteiger partial charge in [0, 0.05) is 18.7 Å². The van der Waals surface area contributed by atoms with Gasteiger partial charge < -0.3 is 5.32 Å². The maximum atomic E-state index is 12.8. The first-order valence-corrected chi connectivity index (χ1v) is 11.1. The number of nitrogens with one attached hydrogen (secondary N) is 1. The molecule has 2 aromatic carbocycles. The van der Waals surface area contributed by atoms with E-state index in [-0.39, 0.29) is 22.9 Å². The molecular weight excluding hydrogens is 372 g/mol. The Morgan fingerprint density at radius 1 is 1.07 bits per heavy atom. The molecule has 3 unspecified atom stereocenters. The van der Waals surface area contributed by atoms with E-state index in [1.165, 1.54) is 16.4 Å². The van der Waals surface area contributed by atoms with E-state index in [0.717, 1.165) is 12.0 Å². The third-order valence-corrected chi connectivity index (χ3v) is 7.61. The van der Waals surface area contributed by atoms with Crippen molar-refractivity contribution in [1.82, 2.24) is 9.62 Å². The molecule has 0 aliphatic heterocycles. The Bertz CT molecular complexity index is 924. The van der Waals surface area contributed by atoms with Crippen LogP contribution in [0, 0.1) is 11.8 Å². The quantitative estimate of drug-likeness (QED) is 0.768. The van der Waals surface area contributed by atoms with Gasteiger partial charge in [-0.05, 0) is 61.9 Å². The zero-order valence-corrected chi connectivity index (χ0v) is 17.6. The molecule has 0 radical (unpaired) electrons. The van der Waals surface area contributed by atoms with Crippen molar-refractivity contribution in [3.63, 3.8) is 0 Å². The van der Waals surface area contributed by atoms with Crippen molar-refractivity contribution in [3.8, 4) is 0 Å². The number of carbonyl (C=O) groups is 1. The summed E-state index contributed by atoms with van der Waals surface area (Å²) in [7, 11) is -2.00. The number of rotatable bonds is 7. The summed E-state index contributed by atoms with van der Waals surface area (Å²) in [5.41, 5.74) is 1.56. The zero-order chi connectivity index (χ0) is 20.5. The molecule has 150 valence electrons. The molecule has 3 rings (SSSR count). The fourth-order valence-electron chi connectivity index (χ4n) is 3.36. The highest BCUT2D eigenvalue weighted by Crippen LogP contribution is 2.47. The second-order valence-corrected chi connectivity index (χ2v) is 9.88. The van der Waals surface area contributed by atoms with E-state index in [9.17, 15) is 13.2 Å². The minimum absolute atomic E-state index is 0.0285.